The van der Waals surface area contributed by atoms with Gasteiger partial charge in [0.05, 0.1) is 0 Å². The highest BCUT2D eigenvalue weighted by Gasteiger charge is 2.11. The predicted octanol–water partition coefficient (Wildman–Crippen LogP) is 1.83. The van der Waals surface area contributed by atoms with E-state index in [1.54, 1.807) is 0 Å². The monoisotopic (exact) mass is 200 g/mol. The lowest BCUT2D eigenvalue weighted by Gasteiger charge is -2.24. The number of piperidine rings is 1. The topological polar surface area (TPSA) is 24.1 Å². The van der Waals surface area contributed by atoms with E-state index in [1.165, 1.54) is 12.8 Å². The maximum atomic E-state index is 5.36. The molecule has 78 valence electrons. The molecule has 1 atom stereocenters. The molecule has 1 aliphatic rings. The molecule has 2 rings (SSSR count). The molecule has 2 N–H and O–H groups in total. The number of terminal acetylenes is 1. The van der Waals surface area contributed by atoms with E-state index in [-0.39, 0.29) is 0 Å². The molecule has 0 amide bonds. The second kappa shape index (κ2) is 4.86. The first-order chi connectivity index (χ1) is 7.38. The fourth-order valence-corrected chi connectivity index (χ4v) is 1.91. The van der Waals surface area contributed by atoms with E-state index in [1.807, 2.05) is 18.2 Å². The molecule has 1 aromatic rings. The van der Waals surface area contributed by atoms with Crippen LogP contribution in [0.5, 0.6) is 0 Å². The standard InChI is InChI=1S/C13H16N2/c1-2-11-5-3-6-12(9-11)15-13-7-4-8-14-10-13/h1,3,5-6,9,13-15H,4,7-8,10H2. The van der Waals surface area contributed by atoms with Crippen LogP contribution in [0.1, 0.15) is 18.4 Å². The molecule has 0 aliphatic carbocycles. The highest BCUT2D eigenvalue weighted by molar-refractivity contribution is 5.50. The lowest BCUT2D eigenvalue weighted by molar-refractivity contribution is 0.480. The van der Waals surface area contributed by atoms with Crippen molar-refractivity contribution in [2.45, 2.75) is 18.9 Å². The van der Waals surface area contributed by atoms with Crippen LogP contribution in [0.25, 0.3) is 0 Å². The van der Waals surface area contributed by atoms with Crippen LogP contribution in [0.2, 0.25) is 0 Å². The Hall–Kier alpha value is -1.46. The summed E-state index contributed by atoms with van der Waals surface area (Å²) in [6.07, 6.45) is 7.83. The van der Waals surface area contributed by atoms with Gasteiger partial charge in [0.2, 0.25) is 0 Å². The molecule has 0 spiro atoms. The Kier molecular flexibility index (Phi) is 3.26. The summed E-state index contributed by atoms with van der Waals surface area (Å²) in [6, 6.07) is 8.56. The third-order valence-corrected chi connectivity index (χ3v) is 2.70. The lowest BCUT2D eigenvalue weighted by atomic mass is 10.1. The zero-order valence-corrected chi connectivity index (χ0v) is 8.79. The average molecular weight is 200 g/mol. The van der Waals surface area contributed by atoms with Crippen LogP contribution in [0.3, 0.4) is 0 Å². The highest BCUT2D eigenvalue weighted by atomic mass is 15.0. The summed E-state index contributed by atoms with van der Waals surface area (Å²) < 4.78 is 0. The number of anilines is 1. The Labute approximate surface area is 91.1 Å². The summed E-state index contributed by atoms with van der Waals surface area (Å²) in [4.78, 5) is 0. The number of nitrogens with one attached hydrogen (secondary N) is 2. The summed E-state index contributed by atoms with van der Waals surface area (Å²) >= 11 is 0. The average Bonchev–Trinajstić information content (AvgIpc) is 2.31. The maximum Gasteiger partial charge on any atom is 0.0386 e. The van der Waals surface area contributed by atoms with E-state index in [0.717, 1.165) is 24.3 Å². The molecule has 1 fully saturated rings. The van der Waals surface area contributed by atoms with Gasteiger partial charge < -0.3 is 10.6 Å². The molecule has 1 heterocycles. The van der Waals surface area contributed by atoms with Crippen LogP contribution in [0, 0.1) is 12.3 Å². The molecule has 2 nitrogen and oxygen atoms in total. The predicted molar refractivity (Wildman–Crippen MR) is 63.9 cm³/mol. The van der Waals surface area contributed by atoms with E-state index in [2.05, 4.69) is 22.6 Å². The fraction of sp³-hybridized carbons (Fsp3) is 0.385. The summed E-state index contributed by atoms with van der Waals surface area (Å²) in [5, 5.41) is 6.88. The van der Waals surface area contributed by atoms with Gasteiger partial charge in [-0.3, -0.25) is 0 Å². The van der Waals surface area contributed by atoms with Crippen molar-refractivity contribution in [3.05, 3.63) is 29.8 Å². The molecule has 1 aliphatic heterocycles. The maximum absolute atomic E-state index is 5.36. The van der Waals surface area contributed by atoms with Gasteiger partial charge in [-0.25, -0.2) is 0 Å². The van der Waals surface area contributed by atoms with Crippen LogP contribution in [0.15, 0.2) is 24.3 Å². The molecular formula is C13H16N2. The Morgan fingerprint density at radius 3 is 3.13 bits per heavy atom. The smallest absolute Gasteiger partial charge is 0.0386 e. The molecule has 1 saturated heterocycles. The van der Waals surface area contributed by atoms with Gasteiger partial charge in [-0.05, 0) is 37.6 Å². The van der Waals surface area contributed by atoms with Gasteiger partial charge in [-0.15, -0.1) is 6.42 Å². The molecule has 1 unspecified atom stereocenters. The van der Waals surface area contributed by atoms with Crippen LogP contribution in [0.4, 0.5) is 5.69 Å². The first kappa shape index (κ1) is 10.1. The minimum Gasteiger partial charge on any atom is -0.381 e. The Bertz CT molecular complexity index is 359. The lowest BCUT2D eigenvalue weighted by Crippen LogP contribution is -2.38. The van der Waals surface area contributed by atoms with E-state index in [9.17, 15) is 0 Å². The molecule has 15 heavy (non-hydrogen) atoms. The van der Waals surface area contributed by atoms with Crippen molar-refractivity contribution in [2.75, 3.05) is 18.4 Å². The molecular weight excluding hydrogens is 184 g/mol. The molecule has 0 saturated carbocycles. The number of hydrogen-bond donors (Lipinski definition) is 2. The summed E-state index contributed by atoms with van der Waals surface area (Å²) in [5.74, 6) is 2.65. The van der Waals surface area contributed by atoms with Crippen LogP contribution in [-0.2, 0) is 0 Å². The minimum atomic E-state index is 0.534. The van der Waals surface area contributed by atoms with Gasteiger partial charge in [0.1, 0.15) is 0 Å². The van der Waals surface area contributed by atoms with Crippen molar-refractivity contribution in [3.8, 4) is 12.3 Å². The third kappa shape index (κ3) is 2.74. The zero-order chi connectivity index (χ0) is 10.5. The molecule has 2 heteroatoms. The Balaban J connectivity index is 2.00. The van der Waals surface area contributed by atoms with E-state index >= 15 is 0 Å². The Morgan fingerprint density at radius 1 is 1.47 bits per heavy atom. The Morgan fingerprint density at radius 2 is 2.40 bits per heavy atom. The van der Waals surface area contributed by atoms with E-state index in [4.69, 9.17) is 6.42 Å². The van der Waals surface area contributed by atoms with Gasteiger partial charge in [0.15, 0.2) is 0 Å². The number of rotatable bonds is 2. The van der Waals surface area contributed by atoms with Crippen molar-refractivity contribution < 1.29 is 0 Å². The quantitative estimate of drug-likeness (QED) is 0.712. The number of hydrogen-bond acceptors (Lipinski definition) is 2. The molecule has 1 aromatic carbocycles. The van der Waals surface area contributed by atoms with Crippen LogP contribution >= 0.6 is 0 Å². The SMILES string of the molecule is C#Cc1cccc(NC2CCCNC2)c1. The molecule has 0 bridgehead atoms. The van der Waals surface area contributed by atoms with E-state index in [0.29, 0.717) is 6.04 Å². The minimum absolute atomic E-state index is 0.534. The van der Waals surface area contributed by atoms with Crippen molar-refractivity contribution in [1.82, 2.24) is 5.32 Å². The number of benzene rings is 1. The summed E-state index contributed by atoms with van der Waals surface area (Å²) in [7, 11) is 0. The first-order valence-corrected chi connectivity index (χ1v) is 5.42. The van der Waals surface area contributed by atoms with Crippen molar-refractivity contribution >= 4 is 5.69 Å². The van der Waals surface area contributed by atoms with Gasteiger partial charge in [-0.1, -0.05) is 12.0 Å². The summed E-state index contributed by atoms with van der Waals surface area (Å²) in [6.45, 7) is 2.18. The van der Waals surface area contributed by atoms with E-state index < -0.39 is 0 Å². The molecule has 0 radical (unpaired) electrons. The second-order valence-corrected chi connectivity index (χ2v) is 3.91. The normalized spacial score (nSPS) is 20.6. The zero-order valence-electron chi connectivity index (χ0n) is 8.79. The third-order valence-electron chi connectivity index (χ3n) is 2.70. The second-order valence-electron chi connectivity index (χ2n) is 3.91. The van der Waals surface area contributed by atoms with Gasteiger partial charge in [0.25, 0.3) is 0 Å². The van der Waals surface area contributed by atoms with Gasteiger partial charge >= 0.3 is 0 Å². The molecule has 0 aromatic heterocycles. The van der Waals surface area contributed by atoms with Crippen LogP contribution < -0.4 is 10.6 Å². The van der Waals surface area contributed by atoms with Crippen molar-refractivity contribution in [3.63, 3.8) is 0 Å². The van der Waals surface area contributed by atoms with Crippen molar-refractivity contribution in [2.24, 2.45) is 0 Å². The van der Waals surface area contributed by atoms with Crippen molar-refractivity contribution in [1.29, 1.82) is 0 Å². The van der Waals surface area contributed by atoms with Gasteiger partial charge in [0, 0.05) is 23.8 Å². The van der Waals surface area contributed by atoms with Crippen LogP contribution in [-0.4, -0.2) is 19.1 Å². The highest BCUT2D eigenvalue weighted by Crippen LogP contribution is 2.13. The largest absolute Gasteiger partial charge is 0.381 e. The summed E-state index contributed by atoms with van der Waals surface area (Å²) in [5.41, 5.74) is 2.06. The van der Waals surface area contributed by atoms with Gasteiger partial charge in [-0.2, -0.15) is 0 Å². The fourth-order valence-electron chi connectivity index (χ4n) is 1.91. The first-order valence-electron chi connectivity index (χ1n) is 5.42.